The summed E-state index contributed by atoms with van der Waals surface area (Å²) in [4.78, 5) is 1.06. The van der Waals surface area contributed by atoms with Crippen molar-refractivity contribution < 1.29 is 5.21 Å². The summed E-state index contributed by atoms with van der Waals surface area (Å²) in [5.74, 6) is 0.0287. The second kappa shape index (κ2) is 5.50. The van der Waals surface area contributed by atoms with Gasteiger partial charge in [0, 0.05) is 4.90 Å². The summed E-state index contributed by atoms with van der Waals surface area (Å²) in [6.07, 6.45) is 1.51. The number of aromatic nitrogens is 2. The van der Waals surface area contributed by atoms with Crippen molar-refractivity contribution >= 4 is 17.6 Å². The first-order valence-corrected chi connectivity index (χ1v) is 6.07. The maximum atomic E-state index is 8.74. The van der Waals surface area contributed by atoms with Gasteiger partial charge in [-0.2, -0.15) is 5.10 Å². The van der Waals surface area contributed by atoms with Gasteiger partial charge >= 0.3 is 0 Å². The van der Waals surface area contributed by atoms with E-state index in [0.29, 0.717) is 10.6 Å². The van der Waals surface area contributed by atoms with Crippen LogP contribution in [-0.4, -0.2) is 21.2 Å². The lowest BCUT2D eigenvalue weighted by Crippen LogP contribution is -2.15. The molecule has 0 aliphatic rings. The fraction of sp³-hybridized carbons (Fsp3) is 0.0833. The molecular formula is C12H12N4OS. The van der Waals surface area contributed by atoms with Crippen LogP contribution in [0.2, 0.25) is 0 Å². The molecule has 0 amide bonds. The molecule has 2 aromatic rings. The summed E-state index contributed by atoms with van der Waals surface area (Å²) in [7, 11) is 0. The molecule has 0 aliphatic carbocycles. The van der Waals surface area contributed by atoms with Crippen molar-refractivity contribution in [3.05, 3.63) is 47.7 Å². The van der Waals surface area contributed by atoms with Crippen LogP contribution in [0.15, 0.2) is 51.6 Å². The highest BCUT2D eigenvalue weighted by Gasteiger charge is 2.11. The summed E-state index contributed by atoms with van der Waals surface area (Å²) in [6.45, 7) is 2.02. The number of hydrogen-bond acceptors (Lipinski definition) is 5. The summed E-state index contributed by atoms with van der Waals surface area (Å²) in [6, 6.07) is 9.60. The zero-order valence-electron chi connectivity index (χ0n) is 9.74. The van der Waals surface area contributed by atoms with Crippen LogP contribution in [0.25, 0.3) is 0 Å². The van der Waals surface area contributed by atoms with Gasteiger partial charge in [0.15, 0.2) is 5.84 Å². The molecule has 0 saturated carbocycles. The Morgan fingerprint density at radius 3 is 2.83 bits per heavy atom. The Hall–Kier alpha value is -2.08. The molecule has 0 bridgehead atoms. The van der Waals surface area contributed by atoms with Crippen molar-refractivity contribution in [2.45, 2.75) is 16.8 Å². The fourth-order valence-electron chi connectivity index (χ4n) is 1.42. The number of aryl methyl sites for hydroxylation is 1. The largest absolute Gasteiger partial charge is 0.409 e. The Morgan fingerprint density at radius 2 is 2.11 bits per heavy atom. The molecule has 0 unspecified atom stereocenters. The van der Waals surface area contributed by atoms with Gasteiger partial charge in [0.05, 0.1) is 11.8 Å². The molecule has 1 aromatic heterocycles. The number of nitrogens with zero attached hydrogens (tertiary/aromatic N) is 3. The first kappa shape index (κ1) is 12.4. The average Bonchev–Trinajstić information content (AvgIpc) is 2.41. The third kappa shape index (κ3) is 2.60. The predicted octanol–water partition coefficient (Wildman–Crippen LogP) is 2.03. The van der Waals surface area contributed by atoms with Crippen LogP contribution in [0.5, 0.6) is 0 Å². The Kier molecular flexibility index (Phi) is 3.78. The lowest BCUT2D eigenvalue weighted by molar-refractivity contribution is 0.318. The number of rotatable bonds is 3. The molecule has 0 saturated heterocycles. The van der Waals surface area contributed by atoms with Gasteiger partial charge in [0.1, 0.15) is 5.03 Å². The number of hydrogen-bond donors (Lipinski definition) is 2. The van der Waals surface area contributed by atoms with Gasteiger partial charge in [-0.25, -0.2) is 0 Å². The van der Waals surface area contributed by atoms with E-state index < -0.39 is 0 Å². The highest BCUT2D eigenvalue weighted by atomic mass is 32.2. The molecule has 0 spiro atoms. The van der Waals surface area contributed by atoms with Gasteiger partial charge in [-0.1, -0.05) is 35.1 Å². The van der Waals surface area contributed by atoms with Crippen molar-refractivity contribution in [3.8, 4) is 0 Å². The highest BCUT2D eigenvalue weighted by molar-refractivity contribution is 7.99. The molecule has 1 heterocycles. The van der Waals surface area contributed by atoms with Crippen LogP contribution in [0.4, 0.5) is 0 Å². The van der Waals surface area contributed by atoms with E-state index in [1.165, 1.54) is 18.0 Å². The van der Waals surface area contributed by atoms with Crippen LogP contribution >= 0.6 is 11.8 Å². The van der Waals surface area contributed by atoms with E-state index in [-0.39, 0.29) is 5.84 Å². The summed E-state index contributed by atoms with van der Waals surface area (Å²) in [5, 5.41) is 20.2. The van der Waals surface area contributed by atoms with Crippen LogP contribution in [0, 0.1) is 6.92 Å². The summed E-state index contributed by atoms with van der Waals surface area (Å²) < 4.78 is 0. The van der Waals surface area contributed by atoms with Crippen molar-refractivity contribution in [2.24, 2.45) is 10.9 Å². The maximum absolute atomic E-state index is 8.74. The van der Waals surface area contributed by atoms with E-state index in [0.717, 1.165) is 10.5 Å². The average molecular weight is 260 g/mol. The fourth-order valence-corrected chi connectivity index (χ4v) is 2.37. The minimum absolute atomic E-state index is 0.0287. The van der Waals surface area contributed by atoms with E-state index in [1.54, 1.807) is 6.07 Å². The zero-order valence-corrected chi connectivity index (χ0v) is 10.6. The topological polar surface area (TPSA) is 84.4 Å². The third-order valence-electron chi connectivity index (χ3n) is 2.37. The van der Waals surface area contributed by atoms with E-state index in [4.69, 9.17) is 10.9 Å². The van der Waals surface area contributed by atoms with E-state index in [9.17, 15) is 0 Å². The number of benzene rings is 1. The number of oxime groups is 1. The molecule has 0 fully saturated rings. The van der Waals surface area contributed by atoms with E-state index >= 15 is 0 Å². The number of nitrogens with two attached hydrogens (primary N) is 1. The lowest BCUT2D eigenvalue weighted by Gasteiger charge is -2.07. The van der Waals surface area contributed by atoms with Crippen molar-refractivity contribution in [2.75, 3.05) is 0 Å². The SMILES string of the molecule is Cc1ccccc1Sc1nnccc1/C(N)=N/O. The zero-order chi connectivity index (χ0) is 13.0. The van der Waals surface area contributed by atoms with Crippen molar-refractivity contribution in [3.63, 3.8) is 0 Å². The summed E-state index contributed by atoms with van der Waals surface area (Å²) in [5.41, 5.74) is 7.31. The first-order chi connectivity index (χ1) is 8.72. The van der Waals surface area contributed by atoms with Crippen LogP contribution in [0.1, 0.15) is 11.1 Å². The molecule has 0 radical (unpaired) electrons. The molecule has 92 valence electrons. The normalized spacial score (nSPS) is 11.5. The maximum Gasteiger partial charge on any atom is 0.172 e. The van der Waals surface area contributed by atoms with Crippen molar-refractivity contribution in [1.82, 2.24) is 10.2 Å². The van der Waals surface area contributed by atoms with Gasteiger partial charge in [0.2, 0.25) is 0 Å². The standard InChI is InChI=1S/C12H12N4OS/c1-8-4-2-3-5-10(8)18-12-9(11(13)16-17)6-7-14-15-12/h2-7,17H,1H3,(H2,13,16). The smallest absolute Gasteiger partial charge is 0.172 e. The minimum atomic E-state index is 0.0287. The molecule has 0 aliphatic heterocycles. The van der Waals surface area contributed by atoms with Gasteiger partial charge in [-0.15, -0.1) is 5.10 Å². The monoisotopic (exact) mass is 260 g/mol. The number of amidine groups is 1. The van der Waals surface area contributed by atoms with Crippen molar-refractivity contribution in [1.29, 1.82) is 0 Å². The lowest BCUT2D eigenvalue weighted by atomic mass is 10.2. The minimum Gasteiger partial charge on any atom is -0.409 e. The molecule has 1 aromatic carbocycles. The van der Waals surface area contributed by atoms with Crippen LogP contribution in [-0.2, 0) is 0 Å². The van der Waals surface area contributed by atoms with Gasteiger partial charge in [0.25, 0.3) is 0 Å². The molecule has 3 N–H and O–H groups in total. The van der Waals surface area contributed by atoms with E-state index in [2.05, 4.69) is 15.4 Å². The highest BCUT2D eigenvalue weighted by Crippen LogP contribution is 2.30. The summed E-state index contributed by atoms with van der Waals surface area (Å²) >= 11 is 1.44. The van der Waals surface area contributed by atoms with Gasteiger partial charge in [-0.05, 0) is 24.6 Å². The third-order valence-corrected chi connectivity index (χ3v) is 3.54. The predicted molar refractivity (Wildman–Crippen MR) is 69.8 cm³/mol. The van der Waals surface area contributed by atoms with E-state index in [1.807, 2.05) is 31.2 Å². The second-order valence-electron chi connectivity index (χ2n) is 3.60. The second-order valence-corrected chi connectivity index (χ2v) is 4.63. The first-order valence-electron chi connectivity index (χ1n) is 5.25. The molecular weight excluding hydrogens is 248 g/mol. The van der Waals surface area contributed by atoms with Crippen LogP contribution in [0.3, 0.4) is 0 Å². The van der Waals surface area contributed by atoms with Gasteiger partial charge in [-0.3, -0.25) is 0 Å². The Balaban J connectivity index is 2.38. The molecule has 5 nitrogen and oxygen atoms in total. The van der Waals surface area contributed by atoms with Crippen LogP contribution < -0.4 is 5.73 Å². The molecule has 18 heavy (non-hydrogen) atoms. The quantitative estimate of drug-likeness (QED) is 0.382. The Bertz CT molecular complexity index is 586. The molecule has 6 heteroatoms. The molecule has 0 atom stereocenters. The van der Waals surface area contributed by atoms with Gasteiger partial charge < -0.3 is 10.9 Å². The Morgan fingerprint density at radius 1 is 1.33 bits per heavy atom. The molecule has 2 rings (SSSR count). The Labute approximate surface area is 109 Å².